The summed E-state index contributed by atoms with van der Waals surface area (Å²) in [4.78, 5) is 2.72. The minimum atomic E-state index is 0.297. The van der Waals surface area contributed by atoms with E-state index in [2.05, 4.69) is 31.3 Å². The molecule has 4 heteroatoms. The molecule has 2 nitrogen and oxygen atoms in total. The highest BCUT2D eigenvalue weighted by Gasteiger charge is 2.09. The number of hydrogen-bond acceptors (Lipinski definition) is 3. The van der Waals surface area contributed by atoms with Crippen LogP contribution in [0, 0.1) is 6.92 Å². The molecule has 1 heterocycles. The molecule has 0 radical (unpaired) electrons. The van der Waals surface area contributed by atoms with Gasteiger partial charge in [-0.1, -0.05) is 17.7 Å². The molecule has 0 fully saturated rings. The molecule has 1 atom stereocenters. The highest BCUT2D eigenvalue weighted by Crippen LogP contribution is 2.29. The van der Waals surface area contributed by atoms with Gasteiger partial charge in [0.15, 0.2) is 0 Å². The first-order valence-corrected chi connectivity index (χ1v) is 7.11. The number of para-hydroxylation sites is 1. The molecule has 0 amide bonds. The molecule has 18 heavy (non-hydrogen) atoms. The summed E-state index contributed by atoms with van der Waals surface area (Å²) in [6, 6.07) is 10.2. The van der Waals surface area contributed by atoms with Crippen LogP contribution in [0.25, 0.3) is 0 Å². The maximum atomic E-state index is 6.14. The van der Waals surface area contributed by atoms with Crippen molar-refractivity contribution >= 4 is 34.3 Å². The third-order valence-electron chi connectivity index (χ3n) is 2.74. The van der Waals surface area contributed by atoms with E-state index < -0.39 is 0 Å². The molecule has 0 saturated carbocycles. The average Bonchev–Trinajstić information content (AvgIpc) is 2.69. The Morgan fingerprint density at radius 1 is 1.33 bits per heavy atom. The van der Waals surface area contributed by atoms with Crippen molar-refractivity contribution in [3.8, 4) is 0 Å². The highest BCUT2D eigenvalue weighted by molar-refractivity contribution is 7.11. The Bertz CT molecular complexity index is 516. The lowest BCUT2D eigenvalue weighted by Gasteiger charge is -2.17. The van der Waals surface area contributed by atoms with E-state index in [9.17, 15) is 0 Å². The molecule has 1 unspecified atom stereocenters. The van der Waals surface area contributed by atoms with Crippen molar-refractivity contribution in [1.29, 1.82) is 0 Å². The molecule has 2 aromatic rings. The predicted molar refractivity (Wildman–Crippen MR) is 81.7 cm³/mol. The quantitative estimate of drug-likeness (QED) is 0.818. The molecule has 0 aliphatic carbocycles. The van der Waals surface area contributed by atoms with Gasteiger partial charge in [-0.15, -0.1) is 11.3 Å². The van der Waals surface area contributed by atoms with E-state index in [0.717, 1.165) is 12.1 Å². The van der Waals surface area contributed by atoms with Crippen molar-refractivity contribution in [3.63, 3.8) is 0 Å². The Morgan fingerprint density at radius 2 is 2.11 bits per heavy atom. The molecular formula is C14H17ClN2S. The molecule has 0 bridgehead atoms. The van der Waals surface area contributed by atoms with E-state index in [4.69, 9.17) is 17.3 Å². The molecule has 0 spiro atoms. The number of thiophene rings is 1. The van der Waals surface area contributed by atoms with Crippen LogP contribution in [0.3, 0.4) is 0 Å². The molecule has 0 aliphatic rings. The first-order chi connectivity index (χ1) is 8.56. The Balaban J connectivity index is 2.05. The van der Waals surface area contributed by atoms with Gasteiger partial charge in [0.25, 0.3) is 0 Å². The number of benzene rings is 1. The standard InChI is InChI=1S/C14H17ClN2S/c1-9(8-11-7-6-10(2)18-11)17-14-12(15)4-3-5-13(14)16/h3-7,9,17H,8,16H2,1-2H3. The topological polar surface area (TPSA) is 38.0 Å². The van der Waals surface area contributed by atoms with Crippen LogP contribution in [0.2, 0.25) is 5.02 Å². The van der Waals surface area contributed by atoms with Crippen molar-refractivity contribution in [2.24, 2.45) is 0 Å². The van der Waals surface area contributed by atoms with Crippen LogP contribution in [0.4, 0.5) is 11.4 Å². The summed E-state index contributed by atoms with van der Waals surface area (Å²) in [6.07, 6.45) is 0.975. The molecule has 96 valence electrons. The van der Waals surface area contributed by atoms with Crippen LogP contribution in [0.1, 0.15) is 16.7 Å². The van der Waals surface area contributed by atoms with Crippen LogP contribution in [0.5, 0.6) is 0 Å². The van der Waals surface area contributed by atoms with E-state index >= 15 is 0 Å². The van der Waals surface area contributed by atoms with Crippen LogP contribution in [-0.2, 0) is 6.42 Å². The second-order valence-electron chi connectivity index (χ2n) is 4.47. The predicted octanol–water partition coefficient (Wildman–Crippen LogP) is 4.34. The average molecular weight is 281 g/mol. The van der Waals surface area contributed by atoms with E-state index in [-0.39, 0.29) is 0 Å². The number of halogens is 1. The summed E-state index contributed by atoms with van der Waals surface area (Å²) in [5.74, 6) is 0. The van der Waals surface area contributed by atoms with E-state index in [1.54, 1.807) is 0 Å². The Kier molecular flexibility index (Phi) is 4.15. The summed E-state index contributed by atoms with van der Waals surface area (Å²) >= 11 is 7.97. The number of anilines is 2. The van der Waals surface area contributed by atoms with Gasteiger partial charge in [-0.25, -0.2) is 0 Å². The van der Waals surface area contributed by atoms with E-state index in [0.29, 0.717) is 16.8 Å². The van der Waals surface area contributed by atoms with Gasteiger partial charge in [0.2, 0.25) is 0 Å². The lowest BCUT2D eigenvalue weighted by atomic mass is 10.2. The van der Waals surface area contributed by atoms with Gasteiger partial charge in [0.1, 0.15) is 0 Å². The summed E-state index contributed by atoms with van der Waals surface area (Å²) in [6.45, 7) is 4.26. The van der Waals surface area contributed by atoms with E-state index in [1.807, 2.05) is 29.5 Å². The minimum absolute atomic E-state index is 0.297. The van der Waals surface area contributed by atoms with Gasteiger partial charge >= 0.3 is 0 Å². The minimum Gasteiger partial charge on any atom is -0.397 e. The van der Waals surface area contributed by atoms with Crippen molar-refractivity contribution in [2.45, 2.75) is 26.3 Å². The molecule has 0 saturated heterocycles. The second-order valence-corrected chi connectivity index (χ2v) is 6.25. The van der Waals surface area contributed by atoms with Gasteiger partial charge in [-0.2, -0.15) is 0 Å². The number of hydrogen-bond donors (Lipinski definition) is 2. The zero-order valence-electron chi connectivity index (χ0n) is 10.5. The first-order valence-electron chi connectivity index (χ1n) is 5.92. The Labute approximate surface area is 117 Å². The Morgan fingerprint density at radius 3 is 2.72 bits per heavy atom. The summed E-state index contributed by atoms with van der Waals surface area (Å²) < 4.78 is 0. The van der Waals surface area contributed by atoms with Gasteiger partial charge in [-0.05, 0) is 38.1 Å². The van der Waals surface area contributed by atoms with E-state index in [1.165, 1.54) is 9.75 Å². The fraction of sp³-hybridized carbons (Fsp3) is 0.286. The number of rotatable bonds is 4. The fourth-order valence-corrected chi connectivity index (χ4v) is 3.14. The van der Waals surface area contributed by atoms with Crippen molar-refractivity contribution in [2.75, 3.05) is 11.1 Å². The van der Waals surface area contributed by atoms with Gasteiger partial charge in [0.05, 0.1) is 16.4 Å². The zero-order valence-corrected chi connectivity index (χ0v) is 12.1. The third kappa shape index (κ3) is 3.18. The van der Waals surface area contributed by atoms with Crippen LogP contribution in [-0.4, -0.2) is 6.04 Å². The summed E-state index contributed by atoms with van der Waals surface area (Å²) in [7, 11) is 0. The normalized spacial score (nSPS) is 12.4. The van der Waals surface area contributed by atoms with Gasteiger partial charge < -0.3 is 11.1 Å². The molecule has 1 aromatic heterocycles. The number of nitrogens with two attached hydrogens (primary N) is 1. The largest absolute Gasteiger partial charge is 0.397 e. The summed E-state index contributed by atoms with van der Waals surface area (Å²) in [5, 5.41) is 4.06. The number of nitrogens with one attached hydrogen (secondary N) is 1. The first kappa shape index (κ1) is 13.2. The van der Waals surface area contributed by atoms with Crippen molar-refractivity contribution < 1.29 is 0 Å². The lowest BCUT2D eigenvalue weighted by Crippen LogP contribution is -2.18. The SMILES string of the molecule is Cc1ccc(CC(C)Nc2c(N)cccc2Cl)s1. The molecule has 3 N–H and O–H groups in total. The molecular weight excluding hydrogens is 264 g/mol. The van der Waals surface area contributed by atoms with Crippen LogP contribution < -0.4 is 11.1 Å². The van der Waals surface area contributed by atoms with Crippen molar-refractivity contribution in [1.82, 2.24) is 0 Å². The lowest BCUT2D eigenvalue weighted by molar-refractivity contribution is 0.801. The molecule has 1 aromatic carbocycles. The second kappa shape index (κ2) is 5.63. The highest BCUT2D eigenvalue weighted by atomic mass is 35.5. The van der Waals surface area contributed by atoms with Crippen LogP contribution >= 0.6 is 22.9 Å². The van der Waals surface area contributed by atoms with Crippen LogP contribution in [0.15, 0.2) is 30.3 Å². The maximum Gasteiger partial charge on any atom is 0.0765 e. The maximum absolute atomic E-state index is 6.14. The molecule has 0 aliphatic heterocycles. The zero-order chi connectivity index (χ0) is 13.1. The van der Waals surface area contributed by atoms with Gasteiger partial charge in [-0.3, -0.25) is 0 Å². The fourth-order valence-electron chi connectivity index (χ4n) is 1.89. The monoisotopic (exact) mass is 280 g/mol. The van der Waals surface area contributed by atoms with Gasteiger partial charge in [0, 0.05) is 22.2 Å². The third-order valence-corrected chi connectivity index (χ3v) is 4.08. The smallest absolute Gasteiger partial charge is 0.0765 e. The Hall–Kier alpha value is -1.19. The van der Waals surface area contributed by atoms with Crippen molar-refractivity contribution in [3.05, 3.63) is 45.1 Å². The summed E-state index contributed by atoms with van der Waals surface area (Å²) in [5.41, 5.74) is 7.45. The molecule has 2 rings (SSSR count). The number of aryl methyl sites for hydroxylation is 1. The number of nitrogen functional groups attached to an aromatic ring is 1.